The zero-order valence-corrected chi connectivity index (χ0v) is 9.79. The Kier molecular flexibility index (Phi) is 4.51. The molecule has 5 heteroatoms. The van der Waals surface area contributed by atoms with E-state index in [0.717, 1.165) is 5.56 Å². The van der Waals surface area contributed by atoms with E-state index in [9.17, 15) is 9.18 Å². The van der Waals surface area contributed by atoms with Crippen molar-refractivity contribution in [1.29, 1.82) is 0 Å². The largest absolute Gasteiger partial charge is 0.490 e. The zero-order valence-electron chi connectivity index (χ0n) is 9.79. The van der Waals surface area contributed by atoms with Gasteiger partial charge in [-0.05, 0) is 24.1 Å². The number of nitrogens with one attached hydrogen (secondary N) is 1. The molecule has 0 radical (unpaired) electrons. The van der Waals surface area contributed by atoms with Gasteiger partial charge < -0.3 is 15.8 Å². The molecule has 0 heterocycles. The van der Waals surface area contributed by atoms with Crippen molar-refractivity contribution in [2.45, 2.75) is 13.5 Å². The molecule has 92 valence electrons. The van der Waals surface area contributed by atoms with Gasteiger partial charge in [-0.3, -0.25) is 4.79 Å². The standard InChI is InChI=1S/C12H15FN2O2/c1-8-5-9(3-4-10(8)13)6-15-7-11(17-2)12(14)16/h3-5,7,15H,6H2,1-2H3,(H2,14,16)/b11-7+. The van der Waals surface area contributed by atoms with Crippen LogP contribution in [0.1, 0.15) is 11.1 Å². The van der Waals surface area contributed by atoms with Crippen molar-refractivity contribution < 1.29 is 13.9 Å². The second-order valence-corrected chi connectivity index (χ2v) is 3.54. The second kappa shape index (κ2) is 5.89. The van der Waals surface area contributed by atoms with Crippen LogP contribution in [0.25, 0.3) is 0 Å². The van der Waals surface area contributed by atoms with Crippen molar-refractivity contribution in [3.63, 3.8) is 0 Å². The Balaban J connectivity index is 2.61. The van der Waals surface area contributed by atoms with Gasteiger partial charge in [-0.15, -0.1) is 0 Å². The van der Waals surface area contributed by atoms with Crippen molar-refractivity contribution in [2.75, 3.05) is 7.11 Å². The normalized spacial score (nSPS) is 11.1. The molecule has 0 saturated heterocycles. The molecule has 0 spiro atoms. The minimum absolute atomic E-state index is 0.0452. The molecule has 0 fully saturated rings. The predicted octanol–water partition coefficient (Wildman–Crippen LogP) is 1.20. The first-order valence-corrected chi connectivity index (χ1v) is 5.07. The van der Waals surface area contributed by atoms with Crippen LogP contribution in [-0.4, -0.2) is 13.0 Å². The Hall–Kier alpha value is -2.04. The summed E-state index contributed by atoms with van der Waals surface area (Å²) in [5.41, 5.74) is 6.53. The van der Waals surface area contributed by atoms with E-state index in [1.807, 2.05) is 0 Å². The Morgan fingerprint density at radius 1 is 1.59 bits per heavy atom. The lowest BCUT2D eigenvalue weighted by atomic mass is 10.1. The van der Waals surface area contributed by atoms with E-state index in [1.165, 1.54) is 19.4 Å². The Morgan fingerprint density at radius 3 is 2.82 bits per heavy atom. The summed E-state index contributed by atoms with van der Waals surface area (Å²) in [4.78, 5) is 10.8. The third kappa shape index (κ3) is 3.79. The molecule has 1 aromatic carbocycles. The molecule has 1 rings (SSSR count). The van der Waals surface area contributed by atoms with Crippen LogP contribution in [0.15, 0.2) is 30.2 Å². The number of methoxy groups -OCH3 is 1. The van der Waals surface area contributed by atoms with Crippen molar-refractivity contribution in [2.24, 2.45) is 5.73 Å². The predicted molar refractivity (Wildman–Crippen MR) is 62.3 cm³/mol. The molecular formula is C12H15FN2O2. The van der Waals surface area contributed by atoms with E-state index in [2.05, 4.69) is 5.32 Å². The second-order valence-electron chi connectivity index (χ2n) is 3.54. The number of aryl methyl sites for hydroxylation is 1. The van der Waals surface area contributed by atoms with Gasteiger partial charge >= 0.3 is 0 Å². The van der Waals surface area contributed by atoms with Gasteiger partial charge in [-0.1, -0.05) is 12.1 Å². The van der Waals surface area contributed by atoms with Crippen LogP contribution in [-0.2, 0) is 16.1 Å². The Bertz CT molecular complexity index is 444. The third-order valence-corrected chi connectivity index (χ3v) is 2.22. The molecular weight excluding hydrogens is 223 g/mol. The van der Waals surface area contributed by atoms with Gasteiger partial charge in [0.15, 0.2) is 5.76 Å². The highest BCUT2D eigenvalue weighted by atomic mass is 19.1. The molecule has 0 aliphatic carbocycles. The third-order valence-electron chi connectivity index (χ3n) is 2.22. The number of primary amides is 1. The van der Waals surface area contributed by atoms with E-state index in [1.54, 1.807) is 19.1 Å². The van der Waals surface area contributed by atoms with Gasteiger partial charge in [0.1, 0.15) is 5.82 Å². The molecule has 0 atom stereocenters. The molecule has 0 unspecified atom stereocenters. The van der Waals surface area contributed by atoms with Crippen LogP contribution < -0.4 is 11.1 Å². The molecule has 17 heavy (non-hydrogen) atoms. The number of hydrogen-bond donors (Lipinski definition) is 2. The topological polar surface area (TPSA) is 64.3 Å². The van der Waals surface area contributed by atoms with Crippen molar-refractivity contribution in [3.8, 4) is 0 Å². The summed E-state index contributed by atoms with van der Waals surface area (Å²) in [6.07, 6.45) is 1.39. The highest BCUT2D eigenvalue weighted by Crippen LogP contribution is 2.08. The van der Waals surface area contributed by atoms with Gasteiger partial charge in [0.25, 0.3) is 5.91 Å². The molecule has 0 aliphatic heterocycles. The maximum Gasteiger partial charge on any atom is 0.285 e. The number of amides is 1. The van der Waals surface area contributed by atoms with E-state index in [-0.39, 0.29) is 11.6 Å². The smallest absolute Gasteiger partial charge is 0.285 e. The van der Waals surface area contributed by atoms with Gasteiger partial charge in [0.2, 0.25) is 0 Å². The highest BCUT2D eigenvalue weighted by molar-refractivity contribution is 5.89. The Labute approximate surface area is 99.3 Å². The number of benzene rings is 1. The molecule has 4 nitrogen and oxygen atoms in total. The minimum atomic E-state index is -0.643. The van der Waals surface area contributed by atoms with Crippen LogP contribution >= 0.6 is 0 Å². The number of carbonyl (C=O) groups is 1. The monoisotopic (exact) mass is 238 g/mol. The quantitative estimate of drug-likeness (QED) is 0.598. The first-order chi connectivity index (χ1) is 8.04. The van der Waals surface area contributed by atoms with Gasteiger partial charge in [0.05, 0.1) is 7.11 Å². The summed E-state index contributed by atoms with van der Waals surface area (Å²) >= 11 is 0. The van der Waals surface area contributed by atoms with E-state index >= 15 is 0 Å². The minimum Gasteiger partial charge on any atom is -0.490 e. The lowest BCUT2D eigenvalue weighted by molar-refractivity contribution is -0.117. The number of nitrogens with two attached hydrogens (primary N) is 1. The molecule has 0 saturated carbocycles. The van der Waals surface area contributed by atoms with Crippen LogP contribution in [0.5, 0.6) is 0 Å². The molecule has 0 bridgehead atoms. The van der Waals surface area contributed by atoms with E-state index in [4.69, 9.17) is 10.5 Å². The van der Waals surface area contributed by atoms with E-state index in [0.29, 0.717) is 12.1 Å². The molecule has 1 aromatic rings. The maximum absolute atomic E-state index is 13.0. The molecule has 1 amide bonds. The van der Waals surface area contributed by atoms with Gasteiger partial charge in [0, 0.05) is 12.7 Å². The lowest BCUT2D eigenvalue weighted by Gasteiger charge is -2.05. The summed E-state index contributed by atoms with van der Waals surface area (Å²) in [7, 11) is 1.36. The average Bonchev–Trinajstić information content (AvgIpc) is 2.28. The molecule has 0 aliphatic rings. The summed E-state index contributed by atoms with van der Waals surface area (Å²) in [6.45, 7) is 2.15. The SMILES string of the molecule is CO/C(=C/NCc1ccc(F)c(C)c1)C(N)=O. The van der Waals surface area contributed by atoms with Crippen LogP contribution in [0.3, 0.4) is 0 Å². The first kappa shape index (κ1) is 13.0. The highest BCUT2D eigenvalue weighted by Gasteiger charge is 2.03. The fraction of sp³-hybridized carbons (Fsp3) is 0.250. The number of carbonyl (C=O) groups excluding carboxylic acids is 1. The number of ether oxygens (including phenoxy) is 1. The van der Waals surface area contributed by atoms with Crippen LogP contribution in [0.4, 0.5) is 4.39 Å². The summed E-state index contributed by atoms with van der Waals surface area (Å²) in [5.74, 6) is -0.835. The summed E-state index contributed by atoms with van der Waals surface area (Å²) < 4.78 is 17.8. The van der Waals surface area contributed by atoms with Crippen LogP contribution in [0.2, 0.25) is 0 Å². The van der Waals surface area contributed by atoms with Crippen molar-refractivity contribution in [3.05, 3.63) is 47.1 Å². The number of rotatable bonds is 5. The first-order valence-electron chi connectivity index (χ1n) is 5.07. The van der Waals surface area contributed by atoms with Crippen LogP contribution in [0, 0.1) is 12.7 Å². The van der Waals surface area contributed by atoms with Crippen molar-refractivity contribution in [1.82, 2.24) is 5.32 Å². The summed E-state index contributed by atoms with van der Waals surface area (Å²) in [5, 5.41) is 2.87. The fourth-order valence-electron chi connectivity index (χ4n) is 1.31. The number of hydrogen-bond acceptors (Lipinski definition) is 3. The van der Waals surface area contributed by atoms with Gasteiger partial charge in [-0.2, -0.15) is 0 Å². The lowest BCUT2D eigenvalue weighted by Crippen LogP contribution is -2.18. The Morgan fingerprint density at radius 2 is 2.29 bits per heavy atom. The molecule has 0 aromatic heterocycles. The number of halogens is 1. The van der Waals surface area contributed by atoms with Crippen molar-refractivity contribution >= 4 is 5.91 Å². The summed E-state index contributed by atoms with van der Waals surface area (Å²) in [6, 6.07) is 4.80. The van der Waals surface area contributed by atoms with E-state index < -0.39 is 5.91 Å². The maximum atomic E-state index is 13.0. The fourth-order valence-corrected chi connectivity index (χ4v) is 1.31. The zero-order chi connectivity index (χ0) is 12.8. The molecule has 3 N–H and O–H groups in total. The average molecular weight is 238 g/mol. The van der Waals surface area contributed by atoms with Gasteiger partial charge in [-0.25, -0.2) is 4.39 Å².